The molecule has 0 amide bonds. The number of nitrogens with zero attached hydrogens (tertiary/aromatic N) is 1. The minimum Gasteiger partial charge on any atom is -0.462 e. The number of anilines is 1. The van der Waals surface area contributed by atoms with Gasteiger partial charge in [-0.1, -0.05) is 0 Å². The van der Waals surface area contributed by atoms with Crippen LogP contribution in [0.1, 0.15) is 42.1 Å². The zero-order chi connectivity index (χ0) is 16.3. The topological polar surface area (TPSA) is 55.6 Å². The van der Waals surface area contributed by atoms with Crippen LogP contribution in [0, 0.1) is 0 Å². The first-order valence-corrected chi connectivity index (χ1v) is 7.25. The fraction of sp³-hybridized carbons (Fsp3) is 0.533. The van der Waals surface area contributed by atoms with Crippen molar-refractivity contribution in [2.75, 3.05) is 18.1 Å². The highest BCUT2D eigenvalue weighted by atomic mass is 19.4. The number of halogens is 3. The lowest BCUT2D eigenvalue weighted by atomic mass is 10.0. The van der Waals surface area contributed by atoms with Gasteiger partial charge in [-0.3, -0.25) is 0 Å². The standard InChI is InChI=1S/C15H19F3N2O2/c1-2-22-14(21)11-7-6-10(9-12(11)15(16,17)18)20-8-4-3-5-13(20)19/h6-7,9,13H,2-5,8,19H2,1H3/t13-/m0/s1. The summed E-state index contributed by atoms with van der Waals surface area (Å²) in [7, 11) is 0. The zero-order valence-corrected chi connectivity index (χ0v) is 12.3. The van der Waals surface area contributed by atoms with Gasteiger partial charge in [0, 0.05) is 12.2 Å². The van der Waals surface area contributed by atoms with E-state index >= 15 is 0 Å². The van der Waals surface area contributed by atoms with Gasteiger partial charge in [0.1, 0.15) is 0 Å². The summed E-state index contributed by atoms with van der Waals surface area (Å²) in [5.74, 6) is -0.968. The van der Waals surface area contributed by atoms with Crippen LogP contribution in [0.2, 0.25) is 0 Å². The molecule has 1 fully saturated rings. The maximum atomic E-state index is 13.2. The number of ether oxygens (including phenoxy) is 1. The molecule has 1 aromatic rings. The molecule has 1 aromatic carbocycles. The Bertz CT molecular complexity index is 546. The molecule has 1 atom stereocenters. The number of carbonyl (C=O) groups excluding carboxylic acids is 1. The van der Waals surface area contributed by atoms with E-state index in [9.17, 15) is 18.0 Å². The predicted molar refractivity (Wildman–Crippen MR) is 76.6 cm³/mol. The van der Waals surface area contributed by atoms with E-state index in [0.29, 0.717) is 12.2 Å². The van der Waals surface area contributed by atoms with Crippen LogP contribution in [0.4, 0.5) is 18.9 Å². The third-order valence-electron chi connectivity index (χ3n) is 3.68. The third-order valence-corrected chi connectivity index (χ3v) is 3.68. The van der Waals surface area contributed by atoms with E-state index in [1.165, 1.54) is 6.07 Å². The first-order chi connectivity index (χ1) is 10.3. The van der Waals surface area contributed by atoms with Gasteiger partial charge in [-0.05, 0) is 44.4 Å². The Morgan fingerprint density at radius 3 is 2.73 bits per heavy atom. The number of benzene rings is 1. The Labute approximate surface area is 127 Å². The Kier molecular flexibility index (Phi) is 4.95. The molecule has 22 heavy (non-hydrogen) atoms. The van der Waals surface area contributed by atoms with Crippen molar-refractivity contribution in [1.29, 1.82) is 0 Å². The molecule has 122 valence electrons. The molecule has 1 aliphatic heterocycles. The summed E-state index contributed by atoms with van der Waals surface area (Å²) >= 11 is 0. The molecule has 0 aromatic heterocycles. The first kappa shape index (κ1) is 16.6. The molecule has 0 spiro atoms. The molecule has 1 heterocycles. The maximum absolute atomic E-state index is 13.2. The molecule has 0 saturated carbocycles. The van der Waals surface area contributed by atoms with Crippen molar-refractivity contribution in [1.82, 2.24) is 0 Å². The van der Waals surface area contributed by atoms with Gasteiger partial charge in [0.15, 0.2) is 0 Å². The largest absolute Gasteiger partial charge is 0.462 e. The zero-order valence-electron chi connectivity index (χ0n) is 12.3. The SMILES string of the molecule is CCOC(=O)c1ccc(N2CCCC[C@H]2N)cc1C(F)(F)F. The van der Waals surface area contributed by atoms with Crippen molar-refractivity contribution >= 4 is 11.7 Å². The van der Waals surface area contributed by atoms with Crippen molar-refractivity contribution in [2.24, 2.45) is 5.73 Å². The average molecular weight is 316 g/mol. The first-order valence-electron chi connectivity index (χ1n) is 7.25. The smallest absolute Gasteiger partial charge is 0.417 e. The van der Waals surface area contributed by atoms with Crippen LogP contribution in [0.3, 0.4) is 0 Å². The summed E-state index contributed by atoms with van der Waals surface area (Å²) in [5.41, 5.74) is 4.90. The van der Waals surface area contributed by atoms with Gasteiger partial charge in [0.05, 0.1) is 23.9 Å². The van der Waals surface area contributed by atoms with Crippen molar-refractivity contribution in [3.05, 3.63) is 29.3 Å². The Morgan fingerprint density at radius 1 is 1.41 bits per heavy atom. The second kappa shape index (κ2) is 6.56. The Balaban J connectivity index is 2.41. The van der Waals surface area contributed by atoms with Gasteiger partial charge in [-0.2, -0.15) is 13.2 Å². The van der Waals surface area contributed by atoms with E-state index in [-0.39, 0.29) is 12.8 Å². The van der Waals surface area contributed by atoms with E-state index < -0.39 is 23.3 Å². The van der Waals surface area contributed by atoms with Crippen LogP contribution in [0.15, 0.2) is 18.2 Å². The minimum absolute atomic E-state index is 0.0227. The number of rotatable bonds is 3. The van der Waals surface area contributed by atoms with Crippen LogP contribution in [0.25, 0.3) is 0 Å². The average Bonchev–Trinajstić information content (AvgIpc) is 2.46. The van der Waals surface area contributed by atoms with E-state index in [4.69, 9.17) is 10.5 Å². The van der Waals surface area contributed by atoms with Crippen molar-refractivity contribution in [3.8, 4) is 0 Å². The van der Waals surface area contributed by atoms with Gasteiger partial charge in [-0.25, -0.2) is 4.79 Å². The van der Waals surface area contributed by atoms with Gasteiger partial charge < -0.3 is 15.4 Å². The van der Waals surface area contributed by atoms with Gasteiger partial charge >= 0.3 is 12.1 Å². The number of hydrogen-bond donors (Lipinski definition) is 1. The van der Waals surface area contributed by atoms with Gasteiger partial charge in [-0.15, -0.1) is 0 Å². The van der Waals surface area contributed by atoms with Crippen LogP contribution >= 0.6 is 0 Å². The molecular weight excluding hydrogens is 297 g/mol. The fourth-order valence-corrected chi connectivity index (χ4v) is 2.61. The highest BCUT2D eigenvalue weighted by Gasteiger charge is 2.36. The Hall–Kier alpha value is -1.76. The monoisotopic (exact) mass is 316 g/mol. The minimum atomic E-state index is -4.63. The maximum Gasteiger partial charge on any atom is 0.417 e. The highest BCUT2D eigenvalue weighted by molar-refractivity contribution is 5.92. The number of carbonyl (C=O) groups is 1. The lowest BCUT2D eigenvalue weighted by Gasteiger charge is -2.35. The normalized spacial score (nSPS) is 19.1. The van der Waals surface area contributed by atoms with E-state index in [0.717, 1.165) is 31.4 Å². The molecular formula is C15H19F3N2O2. The number of hydrogen-bond acceptors (Lipinski definition) is 4. The summed E-state index contributed by atoms with van der Waals surface area (Å²) in [5, 5.41) is 0. The van der Waals surface area contributed by atoms with Crippen LogP contribution < -0.4 is 10.6 Å². The van der Waals surface area contributed by atoms with Crippen molar-refractivity contribution < 1.29 is 22.7 Å². The molecule has 0 aliphatic carbocycles. The second-order valence-corrected chi connectivity index (χ2v) is 5.20. The molecule has 0 bridgehead atoms. The van der Waals surface area contributed by atoms with Gasteiger partial charge in [0.25, 0.3) is 0 Å². The second-order valence-electron chi connectivity index (χ2n) is 5.20. The van der Waals surface area contributed by atoms with Crippen molar-refractivity contribution in [3.63, 3.8) is 0 Å². The van der Waals surface area contributed by atoms with E-state index in [1.807, 2.05) is 0 Å². The number of nitrogens with two attached hydrogens (primary N) is 1. The summed E-state index contributed by atoms with van der Waals surface area (Å²) < 4.78 is 44.4. The third kappa shape index (κ3) is 3.52. The Morgan fingerprint density at radius 2 is 2.14 bits per heavy atom. The fourth-order valence-electron chi connectivity index (χ4n) is 2.61. The van der Waals surface area contributed by atoms with Crippen LogP contribution in [-0.2, 0) is 10.9 Å². The van der Waals surface area contributed by atoms with E-state index in [2.05, 4.69) is 0 Å². The van der Waals surface area contributed by atoms with Crippen molar-refractivity contribution in [2.45, 2.75) is 38.5 Å². The summed E-state index contributed by atoms with van der Waals surface area (Å²) in [6.45, 7) is 2.18. The quantitative estimate of drug-likeness (QED) is 0.870. The molecule has 0 unspecified atom stereocenters. The molecule has 1 aliphatic rings. The molecule has 2 rings (SSSR count). The lowest BCUT2D eigenvalue weighted by molar-refractivity contribution is -0.138. The molecule has 0 radical (unpaired) electrons. The molecule has 2 N–H and O–H groups in total. The molecule has 4 nitrogen and oxygen atoms in total. The highest BCUT2D eigenvalue weighted by Crippen LogP contribution is 2.36. The molecule has 1 saturated heterocycles. The van der Waals surface area contributed by atoms with Crippen LogP contribution in [0.5, 0.6) is 0 Å². The summed E-state index contributed by atoms with van der Waals surface area (Å²) in [4.78, 5) is 13.4. The number of alkyl halides is 3. The van der Waals surface area contributed by atoms with Gasteiger partial charge in [0.2, 0.25) is 0 Å². The summed E-state index contributed by atoms with van der Waals surface area (Å²) in [6.07, 6.45) is -2.35. The lowest BCUT2D eigenvalue weighted by Crippen LogP contribution is -2.45. The molecule has 7 heteroatoms. The number of piperidine rings is 1. The predicted octanol–water partition coefficient (Wildman–Crippen LogP) is 3.16. The summed E-state index contributed by atoms with van der Waals surface area (Å²) in [6, 6.07) is 3.64. The van der Waals surface area contributed by atoms with Crippen LogP contribution in [-0.4, -0.2) is 25.3 Å². The van der Waals surface area contributed by atoms with E-state index in [1.54, 1.807) is 11.8 Å². The number of esters is 1.